The topological polar surface area (TPSA) is 107 Å². The fraction of sp³-hybridized carbons (Fsp3) is 0.333. The fourth-order valence-corrected chi connectivity index (χ4v) is 1.41. The summed E-state index contributed by atoms with van der Waals surface area (Å²) in [5, 5.41) is 29.8. The number of rotatable bonds is 5. The summed E-state index contributed by atoms with van der Waals surface area (Å²) in [6.45, 7) is 1.24. The Morgan fingerprint density at radius 3 is 2.17 bits per heavy atom. The van der Waals surface area contributed by atoms with Crippen LogP contribution >= 0.6 is 0 Å². The van der Waals surface area contributed by atoms with Crippen molar-refractivity contribution in [3.63, 3.8) is 0 Å². The van der Waals surface area contributed by atoms with Crippen molar-refractivity contribution in [2.45, 2.75) is 25.2 Å². The molecule has 0 aliphatic heterocycles. The summed E-state index contributed by atoms with van der Waals surface area (Å²) >= 11 is 0. The predicted octanol–water partition coefficient (Wildman–Crippen LogP) is -0.330. The van der Waals surface area contributed by atoms with Gasteiger partial charge in [-0.05, 0) is 12.5 Å². The Balaban J connectivity index is 2.73. The number of carbonyl (C=O) groups is 2. The van der Waals surface area contributed by atoms with Crippen molar-refractivity contribution in [3.8, 4) is 0 Å². The average Bonchev–Trinajstić information content (AvgIpc) is 2.35. The van der Waals surface area contributed by atoms with Gasteiger partial charge in [0.1, 0.15) is 0 Å². The quantitative estimate of drug-likeness (QED) is 0.575. The molecule has 6 heteroatoms. The highest BCUT2D eigenvalue weighted by Gasteiger charge is 2.28. The van der Waals surface area contributed by atoms with Crippen LogP contribution in [0.4, 0.5) is 0 Å². The molecule has 4 N–H and O–H groups in total. The zero-order chi connectivity index (χ0) is 13.7. The first-order valence-electron chi connectivity index (χ1n) is 5.37. The molecule has 1 amide bonds. The lowest BCUT2D eigenvalue weighted by Gasteiger charge is -2.19. The summed E-state index contributed by atoms with van der Waals surface area (Å²) in [6, 6.07) is 6.66. The Hall–Kier alpha value is -1.92. The van der Waals surface area contributed by atoms with Crippen molar-refractivity contribution in [2.24, 2.45) is 0 Å². The summed E-state index contributed by atoms with van der Waals surface area (Å²) in [4.78, 5) is 22.4. The minimum atomic E-state index is -1.47. The first-order valence-corrected chi connectivity index (χ1v) is 5.37. The first kappa shape index (κ1) is 14.1. The van der Waals surface area contributed by atoms with Crippen molar-refractivity contribution in [1.82, 2.24) is 5.32 Å². The second kappa shape index (κ2) is 6.13. The van der Waals surface area contributed by atoms with Gasteiger partial charge in [0.2, 0.25) is 0 Å². The third kappa shape index (κ3) is 3.54. The number of aliphatic carboxylic acids is 1. The van der Waals surface area contributed by atoms with Crippen LogP contribution in [0.25, 0.3) is 0 Å². The smallest absolute Gasteiger partial charge is 0.328 e. The molecule has 1 aromatic rings. The van der Waals surface area contributed by atoms with Crippen LogP contribution in [0.5, 0.6) is 0 Å². The molecule has 0 saturated carbocycles. The summed E-state index contributed by atoms with van der Waals surface area (Å²) in [5.74, 6) is -2.23. The third-order valence-electron chi connectivity index (χ3n) is 2.41. The van der Waals surface area contributed by atoms with Crippen molar-refractivity contribution in [3.05, 3.63) is 35.9 Å². The molecule has 0 aromatic heterocycles. The molecular weight excluding hydrogens is 238 g/mol. The molecule has 0 saturated heterocycles. The van der Waals surface area contributed by atoms with E-state index in [-0.39, 0.29) is 0 Å². The van der Waals surface area contributed by atoms with Gasteiger partial charge in [0.25, 0.3) is 5.91 Å². The average molecular weight is 253 g/mol. The highest BCUT2D eigenvalue weighted by molar-refractivity contribution is 5.87. The molecule has 18 heavy (non-hydrogen) atoms. The number of hydrogen-bond donors (Lipinski definition) is 4. The molecule has 6 nitrogen and oxygen atoms in total. The van der Waals surface area contributed by atoms with Gasteiger partial charge < -0.3 is 20.6 Å². The molecule has 0 spiro atoms. The highest BCUT2D eigenvalue weighted by Crippen LogP contribution is 2.12. The molecule has 1 rings (SSSR count). The van der Waals surface area contributed by atoms with Crippen molar-refractivity contribution < 1.29 is 24.9 Å². The normalized spacial score (nSPS) is 15.5. The number of nitrogens with one attached hydrogen (secondary N) is 1. The van der Waals surface area contributed by atoms with E-state index in [0.717, 1.165) is 0 Å². The SMILES string of the molecule is C[C@@H](O)[C@H](NC(=O)C(O)c1ccccc1)C(=O)O. The second-order valence-electron chi connectivity index (χ2n) is 3.88. The maximum atomic E-state index is 11.6. The van der Waals surface area contributed by atoms with Gasteiger partial charge in [-0.2, -0.15) is 0 Å². The van der Waals surface area contributed by atoms with Crippen LogP contribution < -0.4 is 5.32 Å². The molecule has 1 aromatic carbocycles. The molecule has 0 fully saturated rings. The number of carbonyl (C=O) groups excluding carboxylic acids is 1. The predicted molar refractivity (Wildman–Crippen MR) is 62.6 cm³/mol. The zero-order valence-corrected chi connectivity index (χ0v) is 9.78. The number of amides is 1. The van der Waals surface area contributed by atoms with E-state index in [1.165, 1.54) is 6.92 Å². The van der Waals surface area contributed by atoms with Gasteiger partial charge in [0, 0.05) is 0 Å². The summed E-state index contributed by atoms with van der Waals surface area (Å²) in [6.07, 6.45) is -2.72. The molecule has 0 aliphatic carbocycles. The maximum Gasteiger partial charge on any atom is 0.328 e. The number of aliphatic hydroxyl groups is 2. The van der Waals surface area contributed by atoms with Crippen molar-refractivity contribution >= 4 is 11.9 Å². The van der Waals surface area contributed by atoms with Crippen LogP contribution in [0, 0.1) is 0 Å². The van der Waals surface area contributed by atoms with Crippen LogP contribution in [0.3, 0.4) is 0 Å². The van der Waals surface area contributed by atoms with E-state index in [4.69, 9.17) is 5.11 Å². The summed E-state index contributed by atoms with van der Waals surface area (Å²) in [5.41, 5.74) is 0.352. The molecule has 0 heterocycles. The largest absolute Gasteiger partial charge is 0.480 e. The van der Waals surface area contributed by atoms with E-state index in [1.807, 2.05) is 0 Å². The minimum absolute atomic E-state index is 0.352. The molecule has 1 unspecified atom stereocenters. The van der Waals surface area contributed by atoms with Gasteiger partial charge in [0.05, 0.1) is 6.10 Å². The van der Waals surface area contributed by atoms with E-state index < -0.39 is 30.1 Å². The monoisotopic (exact) mass is 253 g/mol. The Morgan fingerprint density at radius 2 is 1.72 bits per heavy atom. The molecule has 3 atom stereocenters. The van der Waals surface area contributed by atoms with Crippen LogP contribution in [0.15, 0.2) is 30.3 Å². The van der Waals surface area contributed by atoms with Crippen LogP contribution in [0.1, 0.15) is 18.6 Å². The molecule has 0 bridgehead atoms. The zero-order valence-electron chi connectivity index (χ0n) is 9.78. The number of aliphatic hydroxyl groups excluding tert-OH is 2. The second-order valence-corrected chi connectivity index (χ2v) is 3.88. The van der Waals surface area contributed by atoms with Gasteiger partial charge in [-0.15, -0.1) is 0 Å². The van der Waals surface area contributed by atoms with Crippen LogP contribution in [0.2, 0.25) is 0 Å². The Bertz CT molecular complexity index is 418. The molecule has 98 valence electrons. The maximum absolute atomic E-state index is 11.6. The van der Waals surface area contributed by atoms with Crippen molar-refractivity contribution in [2.75, 3.05) is 0 Å². The van der Waals surface area contributed by atoms with Gasteiger partial charge in [0.15, 0.2) is 12.1 Å². The lowest BCUT2D eigenvalue weighted by Crippen LogP contribution is -2.49. The van der Waals surface area contributed by atoms with Gasteiger partial charge >= 0.3 is 5.97 Å². The summed E-state index contributed by atoms with van der Waals surface area (Å²) in [7, 11) is 0. The number of hydrogen-bond acceptors (Lipinski definition) is 4. The van der Waals surface area contributed by atoms with Gasteiger partial charge in [-0.25, -0.2) is 4.79 Å². The first-order chi connectivity index (χ1) is 8.43. The van der Waals surface area contributed by atoms with E-state index in [9.17, 15) is 19.8 Å². The Morgan fingerprint density at radius 1 is 1.17 bits per heavy atom. The number of benzene rings is 1. The van der Waals surface area contributed by atoms with Gasteiger partial charge in [-0.1, -0.05) is 30.3 Å². The number of carboxylic acids is 1. The lowest BCUT2D eigenvalue weighted by molar-refractivity contribution is -0.146. The van der Waals surface area contributed by atoms with E-state index >= 15 is 0 Å². The van der Waals surface area contributed by atoms with E-state index in [1.54, 1.807) is 30.3 Å². The highest BCUT2D eigenvalue weighted by atomic mass is 16.4. The number of carboxylic acid groups (broad SMARTS) is 1. The molecule has 0 radical (unpaired) electrons. The van der Waals surface area contributed by atoms with Gasteiger partial charge in [-0.3, -0.25) is 4.79 Å². The van der Waals surface area contributed by atoms with Crippen molar-refractivity contribution in [1.29, 1.82) is 0 Å². The molecular formula is C12H15NO5. The van der Waals surface area contributed by atoms with E-state index in [0.29, 0.717) is 5.56 Å². The fourth-order valence-electron chi connectivity index (χ4n) is 1.41. The Kier molecular flexibility index (Phi) is 4.82. The third-order valence-corrected chi connectivity index (χ3v) is 2.41. The van der Waals surface area contributed by atoms with Crippen LogP contribution in [-0.2, 0) is 9.59 Å². The lowest BCUT2D eigenvalue weighted by atomic mass is 10.1. The molecule has 0 aliphatic rings. The minimum Gasteiger partial charge on any atom is -0.480 e. The van der Waals surface area contributed by atoms with E-state index in [2.05, 4.69) is 5.32 Å². The Labute approximate surface area is 104 Å². The van der Waals surface area contributed by atoms with Crippen LogP contribution in [-0.4, -0.2) is 39.3 Å². The summed E-state index contributed by atoms with van der Waals surface area (Å²) < 4.78 is 0. The standard InChI is InChI=1S/C12H15NO5/c1-7(14)9(12(17)18)13-11(16)10(15)8-5-3-2-4-6-8/h2-7,9-10,14-15H,1H3,(H,13,16)(H,17,18)/t7-,9+,10?/m1/s1.